The molecule has 0 aromatic carbocycles. The Kier molecular flexibility index (Phi) is 5.01. The van der Waals surface area contributed by atoms with Crippen molar-refractivity contribution < 1.29 is 4.79 Å². The molecule has 2 rings (SSSR count). The first-order chi connectivity index (χ1) is 8.70. The average Bonchev–Trinajstić information content (AvgIpc) is 3.20. The van der Waals surface area contributed by atoms with Gasteiger partial charge in [0.25, 0.3) is 0 Å². The van der Waals surface area contributed by atoms with Crippen LogP contribution in [0.1, 0.15) is 39.0 Å². The van der Waals surface area contributed by atoms with E-state index in [2.05, 4.69) is 22.5 Å². The first-order valence-electron chi connectivity index (χ1n) is 7.38. The second-order valence-electron chi connectivity index (χ2n) is 5.86. The maximum atomic E-state index is 11.9. The first kappa shape index (κ1) is 13.8. The molecular formula is C14H27N3O. The SMILES string of the molecule is CNC(C)C1CCCCN1CC(=O)NCC1CC1. The molecule has 0 aromatic heterocycles. The molecule has 2 unspecified atom stereocenters. The number of hydrogen-bond acceptors (Lipinski definition) is 3. The predicted octanol–water partition coefficient (Wildman–Crippen LogP) is 0.975. The Morgan fingerprint density at radius 1 is 1.33 bits per heavy atom. The maximum absolute atomic E-state index is 11.9. The fourth-order valence-electron chi connectivity index (χ4n) is 2.79. The molecule has 0 bridgehead atoms. The van der Waals surface area contributed by atoms with Gasteiger partial charge >= 0.3 is 0 Å². The smallest absolute Gasteiger partial charge is 0.234 e. The molecule has 4 nitrogen and oxygen atoms in total. The second kappa shape index (κ2) is 6.53. The lowest BCUT2D eigenvalue weighted by Crippen LogP contribution is -2.53. The van der Waals surface area contributed by atoms with Crippen LogP contribution >= 0.6 is 0 Å². The molecule has 1 aliphatic carbocycles. The molecule has 2 aliphatic rings. The van der Waals surface area contributed by atoms with Crippen molar-refractivity contribution in [2.45, 2.75) is 51.1 Å². The summed E-state index contributed by atoms with van der Waals surface area (Å²) < 4.78 is 0. The Hall–Kier alpha value is -0.610. The predicted molar refractivity (Wildman–Crippen MR) is 73.5 cm³/mol. The van der Waals surface area contributed by atoms with Gasteiger partial charge in [-0.25, -0.2) is 0 Å². The number of nitrogens with one attached hydrogen (secondary N) is 2. The zero-order valence-electron chi connectivity index (χ0n) is 11.7. The molecule has 0 spiro atoms. The minimum atomic E-state index is 0.206. The molecule has 2 fully saturated rings. The molecule has 2 atom stereocenters. The number of nitrogens with zero attached hydrogens (tertiary/aromatic N) is 1. The zero-order valence-corrected chi connectivity index (χ0v) is 11.7. The van der Waals surface area contributed by atoms with Crippen LogP contribution in [0.25, 0.3) is 0 Å². The zero-order chi connectivity index (χ0) is 13.0. The van der Waals surface area contributed by atoms with E-state index < -0.39 is 0 Å². The molecule has 0 radical (unpaired) electrons. The number of carbonyl (C=O) groups excluding carboxylic acids is 1. The van der Waals surface area contributed by atoms with E-state index in [4.69, 9.17) is 0 Å². The highest BCUT2D eigenvalue weighted by molar-refractivity contribution is 5.78. The van der Waals surface area contributed by atoms with Crippen molar-refractivity contribution in [2.24, 2.45) is 5.92 Å². The third-order valence-corrected chi connectivity index (χ3v) is 4.33. The van der Waals surface area contributed by atoms with Crippen LogP contribution in [0.15, 0.2) is 0 Å². The van der Waals surface area contributed by atoms with Gasteiger partial charge in [0.15, 0.2) is 0 Å². The second-order valence-corrected chi connectivity index (χ2v) is 5.86. The lowest BCUT2D eigenvalue weighted by molar-refractivity contribution is -0.123. The third-order valence-electron chi connectivity index (χ3n) is 4.33. The highest BCUT2D eigenvalue weighted by atomic mass is 16.2. The monoisotopic (exact) mass is 253 g/mol. The Morgan fingerprint density at radius 3 is 2.78 bits per heavy atom. The van der Waals surface area contributed by atoms with Gasteiger partial charge < -0.3 is 10.6 Å². The van der Waals surface area contributed by atoms with Crippen molar-refractivity contribution in [3.05, 3.63) is 0 Å². The van der Waals surface area contributed by atoms with E-state index in [1.54, 1.807) is 0 Å². The molecule has 1 saturated heterocycles. The molecule has 1 heterocycles. The van der Waals surface area contributed by atoms with Gasteiger partial charge in [-0.05, 0) is 52.1 Å². The van der Waals surface area contributed by atoms with Crippen LogP contribution in [0.2, 0.25) is 0 Å². The number of carbonyl (C=O) groups is 1. The Balaban J connectivity index is 1.78. The minimum Gasteiger partial charge on any atom is -0.355 e. The highest BCUT2D eigenvalue weighted by Gasteiger charge is 2.28. The van der Waals surface area contributed by atoms with E-state index in [0.29, 0.717) is 18.6 Å². The average molecular weight is 253 g/mol. The molecule has 1 saturated carbocycles. The van der Waals surface area contributed by atoms with Crippen molar-refractivity contribution in [3.8, 4) is 0 Å². The van der Waals surface area contributed by atoms with Gasteiger partial charge in [0.2, 0.25) is 5.91 Å². The summed E-state index contributed by atoms with van der Waals surface area (Å²) in [5, 5.41) is 6.39. The van der Waals surface area contributed by atoms with Crippen LogP contribution < -0.4 is 10.6 Å². The summed E-state index contributed by atoms with van der Waals surface area (Å²) in [5.74, 6) is 0.972. The van der Waals surface area contributed by atoms with Crippen LogP contribution in [0.5, 0.6) is 0 Å². The van der Waals surface area contributed by atoms with Crippen LogP contribution in [0, 0.1) is 5.92 Å². The topological polar surface area (TPSA) is 44.4 Å². The van der Waals surface area contributed by atoms with Gasteiger partial charge in [-0.3, -0.25) is 9.69 Å². The standard InChI is InChI=1S/C14H27N3O/c1-11(15-2)13-5-3-4-8-17(13)10-14(18)16-9-12-6-7-12/h11-13,15H,3-10H2,1-2H3,(H,16,18). The van der Waals surface area contributed by atoms with E-state index in [1.165, 1.54) is 32.1 Å². The normalized spacial score (nSPS) is 26.9. The summed E-state index contributed by atoms with van der Waals surface area (Å²) in [4.78, 5) is 14.3. The number of rotatable bonds is 6. The Bertz CT molecular complexity index is 278. The summed E-state index contributed by atoms with van der Waals surface area (Å²) in [6.07, 6.45) is 6.31. The molecule has 2 N–H and O–H groups in total. The number of likely N-dealkylation sites (N-methyl/N-ethyl adjacent to an activating group) is 1. The van der Waals surface area contributed by atoms with Crippen molar-refractivity contribution in [3.63, 3.8) is 0 Å². The largest absolute Gasteiger partial charge is 0.355 e. The van der Waals surface area contributed by atoms with Gasteiger partial charge in [0.05, 0.1) is 6.54 Å². The van der Waals surface area contributed by atoms with Gasteiger partial charge in [-0.2, -0.15) is 0 Å². The summed E-state index contributed by atoms with van der Waals surface area (Å²) >= 11 is 0. The number of likely N-dealkylation sites (tertiary alicyclic amines) is 1. The first-order valence-corrected chi connectivity index (χ1v) is 7.38. The fourth-order valence-corrected chi connectivity index (χ4v) is 2.79. The van der Waals surface area contributed by atoms with Crippen molar-refractivity contribution in [2.75, 3.05) is 26.7 Å². The molecule has 4 heteroatoms. The van der Waals surface area contributed by atoms with Crippen LogP contribution in [-0.2, 0) is 4.79 Å². The fraction of sp³-hybridized carbons (Fsp3) is 0.929. The van der Waals surface area contributed by atoms with Crippen molar-refractivity contribution in [1.29, 1.82) is 0 Å². The van der Waals surface area contributed by atoms with E-state index in [1.807, 2.05) is 7.05 Å². The van der Waals surface area contributed by atoms with E-state index >= 15 is 0 Å². The molecule has 104 valence electrons. The van der Waals surface area contributed by atoms with Crippen molar-refractivity contribution >= 4 is 5.91 Å². The van der Waals surface area contributed by atoms with Gasteiger partial charge in [0, 0.05) is 18.6 Å². The molecular weight excluding hydrogens is 226 g/mol. The third kappa shape index (κ3) is 3.95. The summed E-state index contributed by atoms with van der Waals surface area (Å²) in [7, 11) is 2.00. The van der Waals surface area contributed by atoms with Crippen LogP contribution in [-0.4, -0.2) is 49.6 Å². The highest BCUT2D eigenvalue weighted by Crippen LogP contribution is 2.27. The lowest BCUT2D eigenvalue weighted by atomic mass is 9.96. The summed E-state index contributed by atoms with van der Waals surface area (Å²) in [5.41, 5.74) is 0. The van der Waals surface area contributed by atoms with Crippen molar-refractivity contribution in [1.82, 2.24) is 15.5 Å². The van der Waals surface area contributed by atoms with Crippen LogP contribution in [0.3, 0.4) is 0 Å². The van der Waals surface area contributed by atoms with Gasteiger partial charge in [0.1, 0.15) is 0 Å². The minimum absolute atomic E-state index is 0.206. The molecule has 18 heavy (non-hydrogen) atoms. The van der Waals surface area contributed by atoms with Gasteiger partial charge in [-0.1, -0.05) is 6.42 Å². The maximum Gasteiger partial charge on any atom is 0.234 e. The van der Waals surface area contributed by atoms with E-state index in [0.717, 1.165) is 19.0 Å². The van der Waals surface area contributed by atoms with Crippen LogP contribution in [0.4, 0.5) is 0 Å². The summed E-state index contributed by atoms with van der Waals surface area (Å²) in [6, 6.07) is 0.969. The Labute approximate surface area is 110 Å². The lowest BCUT2D eigenvalue weighted by Gasteiger charge is -2.38. The number of piperidine rings is 1. The molecule has 1 amide bonds. The molecule has 1 aliphatic heterocycles. The quantitative estimate of drug-likeness (QED) is 0.741. The number of hydrogen-bond donors (Lipinski definition) is 2. The number of amides is 1. The summed E-state index contributed by atoms with van der Waals surface area (Å²) in [6.45, 7) is 4.74. The Morgan fingerprint density at radius 2 is 2.11 bits per heavy atom. The van der Waals surface area contributed by atoms with E-state index in [9.17, 15) is 4.79 Å². The molecule has 0 aromatic rings. The van der Waals surface area contributed by atoms with Gasteiger partial charge in [-0.15, -0.1) is 0 Å². The van der Waals surface area contributed by atoms with E-state index in [-0.39, 0.29) is 5.91 Å².